The van der Waals surface area contributed by atoms with Crippen LogP contribution in [0.3, 0.4) is 0 Å². The molecule has 0 aliphatic rings. The highest BCUT2D eigenvalue weighted by Crippen LogP contribution is 2.37. The van der Waals surface area contributed by atoms with Crippen LogP contribution in [0.1, 0.15) is 11.3 Å². The van der Waals surface area contributed by atoms with Crippen LogP contribution in [0.4, 0.5) is 18.9 Å². The highest BCUT2D eigenvalue weighted by Gasteiger charge is 2.32. The summed E-state index contributed by atoms with van der Waals surface area (Å²) in [5, 5.41) is 14.0. The van der Waals surface area contributed by atoms with Gasteiger partial charge >= 0.3 is 11.9 Å². The number of aryl methyl sites for hydroxylation is 1. The monoisotopic (exact) mass is 339 g/mol. The number of rotatable bonds is 2. The summed E-state index contributed by atoms with van der Waals surface area (Å²) in [6.45, 7) is 1.39. The molecule has 10 heteroatoms. The number of hydrogen-bond acceptors (Lipinski definition) is 3. The number of nitrogens with zero attached hydrogens (tertiary/aromatic N) is 3. The van der Waals surface area contributed by atoms with Crippen LogP contribution in [0, 0.1) is 17.0 Å². The van der Waals surface area contributed by atoms with E-state index in [9.17, 15) is 23.3 Å². The van der Waals surface area contributed by atoms with E-state index < -0.39 is 16.7 Å². The fraction of sp³-hybridized carbons (Fsp3) is 0.182. The first-order valence-electron chi connectivity index (χ1n) is 5.38. The summed E-state index contributed by atoms with van der Waals surface area (Å²) in [6.07, 6.45) is -3.56. The fourth-order valence-corrected chi connectivity index (χ4v) is 2.35. The zero-order chi connectivity index (χ0) is 15.9. The summed E-state index contributed by atoms with van der Waals surface area (Å²) in [4.78, 5) is 10.1. The van der Waals surface area contributed by atoms with E-state index in [1.807, 2.05) is 0 Å². The number of hydrogen-bond donors (Lipinski definition) is 0. The molecular weight excluding hydrogens is 334 g/mol. The zero-order valence-electron chi connectivity index (χ0n) is 10.3. The van der Waals surface area contributed by atoms with Crippen molar-refractivity contribution in [1.82, 2.24) is 9.78 Å². The van der Waals surface area contributed by atoms with E-state index in [0.717, 1.165) is 10.9 Å². The van der Waals surface area contributed by atoms with Crippen molar-refractivity contribution in [3.63, 3.8) is 0 Å². The third-order valence-electron chi connectivity index (χ3n) is 2.64. The lowest BCUT2D eigenvalue weighted by atomic mass is 10.2. The van der Waals surface area contributed by atoms with Crippen LogP contribution in [0.15, 0.2) is 18.3 Å². The summed E-state index contributed by atoms with van der Waals surface area (Å²) in [6, 6.07) is 1.37. The van der Waals surface area contributed by atoms with Gasteiger partial charge in [-0.05, 0) is 19.1 Å². The smallest absolute Gasteiger partial charge is 0.258 e. The van der Waals surface area contributed by atoms with E-state index in [1.54, 1.807) is 0 Å². The van der Waals surface area contributed by atoms with Crippen molar-refractivity contribution in [2.75, 3.05) is 0 Å². The molecule has 0 bridgehead atoms. The molecule has 1 heterocycles. The van der Waals surface area contributed by atoms with Crippen molar-refractivity contribution in [1.29, 1.82) is 0 Å². The topological polar surface area (TPSA) is 61.0 Å². The van der Waals surface area contributed by atoms with Crippen molar-refractivity contribution < 1.29 is 18.1 Å². The molecule has 0 unspecified atom stereocenters. The highest BCUT2D eigenvalue weighted by atomic mass is 35.5. The van der Waals surface area contributed by atoms with Gasteiger partial charge in [-0.1, -0.05) is 23.2 Å². The average Bonchev–Trinajstić information content (AvgIpc) is 2.69. The second kappa shape index (κ2) is 5.19. The predicted octanol–water partition coefficient (Wildman–Crippen LogP) is 4.41. The molecule has 0 N–H and O–H groups in total. The molecule has 5 nitrogen and oxygen atoms in total. The van der Waals surface area contributed by atoms with Crippen molar-refractivity contribution in [3.8, 4) is 5.69 Å². The van der Waals surface area contributed by atoms with Crippen LogP contribution in [-0.2, 0) is 6.18 Å². The minimum absolute atomic E-state index is 0.0532. The standard InChI is InChI=1S/C11H6Cl2F3N3O2/c1-5-9(19(20)21)4-18(17-5)10-7(12)2-6(3-8(10)13)11(14,15)16/h2-4H,1H3. The van der Waals surface area contributed by atoms with Gasteiger partial charge in [-0.3, -0.25) is 10.1 Å². The number of alkyl halides is 3. The summed E-state index contributed by atoms with van der Waals surface area (Å²) in [5.41, 5.74) is -1.27. The maximum Gasteiger partial charge on any atom is 0.416 e. The molecule has 112 valence electrons. The van der Waals surface area contributed by atoms with Gasteiger partial charge in [0.2, 0.25) is 0 Å². The van der Waals surface area contributed by atoms with Gasteiger partial charge in [-0.2, -0.15) is 18.3 Å². The summed E-state index contributed by atoms with van der Waals surface area (Å²) in [7, 11) is 0. The van der Waals surface area contributed by atoms with Crippen molar-refractivity contribution in [3.05, 3.63) is 49.7 Å². The van der Waals surface area contributed by atoms with Crippen molar-refractivity contribution >= 4 is 28.9 Å². The first kappa shape index (κ1) is 15.6. The van der Waals surface area contributed by atoms with E-state index in [-0.39, 0.29) is 27.1 Å². The Kier molecular flexibility index (Phi) is 3.85. The van der Waals surface area contributed by atoms with E-state index >= 15 is 0 Å². The molecule has 0 atom stereocenters. The molecule has 21 heavy (non-hydrogen) atoms. The average molecular weight is 340 g/mol. The number of benzene rings is 1. The minimum Gasteiger partial charge on any atom is -0.258 e. The second-order valence-electron chi connectivity index (χ2n) is 4.09. The third kappa shape index (κ3) is 2.96. The Morgan fingerprint density at radius 3 is 2.19 bits per heavy atom. The number of nitro groups is 1. The first-order chi connectivity index (χ1) is 9.61. The molecule has 0 spiro atoms. The van der Waals surface area contributed by atoms with E-state index in [1.165, 1.54) is 6.92 Å². The summed E-state index contributed by atoms with van der Waals surface area (Å²) in [5.74, 6) is 0. The molecule has 0 radical (unpaired) electrons. The molecule has 0 saturated carbocycles. The third-order valence-corrected chi connectivity index (χ3v) is 3.22. The number of aromatic nitrogens is 2. The molecule has 1 aromatic carbocycles. The largest absolute Gasteiger partial charge is 0.416 e. The lowest BCUT2D eigenvalue weighted by molar-refractivity contribution is -0.385. The van der Waals surface area contributed by atoms with Crippen LogP contribution in [-0.4, -0.2) is 14.7 Å². The molecule has 0 fully saturated rings. The zero-order valence-corrected chi connectivity index (χ0v) is 11.8. The van der Waals surface area contributed by atoms with E-state index in [0.29, 0.717) is 12.1 Å². The van der Waals surface area contributed by atoms with Gasteiger partial charge in [0.15, 0.2) is 0 Å². The SMILES string of the molecule is Cc1nn(-c2c(Cl)cc(C(F)(F)F)cc2Cl)cc1[N+](=O)[O-]. The van der Waals surface area contributed by atoms with Gasteiger partial charge in [0.25, 0.3) is 0 Å². The molecular formula is C11H6Cl2F3N3O2. The van der Waals surface area contributed by atoms with Gasteiger partial charge in [0.1, 0.15) is 17.6 Å². The molecule has 0 aliphatic carbocycles. The van der Waals surface area contributed by atoms with Crippen LogP contribution in [0.5, 0.6) is 0 Å². The van der Waals surface area contributed by atoms with Gasteiger partial charge in [0, 0.05) is 0 Å². The Bertz CT molecular complexity index is 705. The highest BCUT2D eigenvalue weighted by molar-refractivity contribution is 6.37. The molecule has 1 aromatic heterocycles. The molecule has 2 aromatic rings. The van der Waals surface area contributed by atoms with Crippen LogP contribution < -0.4 is 0 Å². The maximum atomic E-state index is 12.6. The van der Waals surface area contributed by atoms with Crippen LogP contribution in [0.2, 0.25) is 10.0 Å². The Morgan fingerprint density at radius 2 is 1.81 bits per heavy atom. The van der Waals surface area contributed by atoms with E-state index in [2.05, 4.69) is 5.10 Å². The van der Waals surface area contributed by atoms with Crippen molar-refractivity contribution in [2.45, 2.75) is 13.1 Å². The number of halogens is 5. The molecule has 0 aliphatic heterocycles. The molecule has 0 saturated heterocycles. The molecule has 0 amide bonds. The quantitative estimate of drug-likeness (QED) is 0.601. The maximum absolute atomic E-state index is 12.6. The normalized spacial score (nSPS) is 11.7. The summed E-state index contributed by atoms with van der Waals surface area (Å²) >= 11 is 11.6. The van der Waals surface area contributed by atoms with Gasteiger partial charge in [-0.15, -0.1) is 0 Å². The summed E-state index contributed by atoms with van der Waals surface area (Å²) < 4.78 is 38.9. The Labute approximate surface area is 126 Å². The van der Waals surface area contributed by atoms with E-state index in [4.69, 9.17) is 23.2 Å². The van der Waals surface area contributed by atoms with Crippen molar-refractivity contribution in [2.24, 2.45) is 0 Å². The predicted molar refractivity (Wildman–Crippen MR) is 70.0 cm³/mol. The lowest BCUT2D eigenvalue weighted by Gasteiger charge is -2.11. The lowest BCUT2D eigenvalue weighted by Crippen LogP contribution is -2.07. The minimum atomic E-state index is -4.60. The molecule has 2 rings (SSSR count). The fourth-order valence-electron chi connectivity index (χ4n) is 1.69. The Morgan fingerprint density at radius 1 is 1.29 bits per heavy atom. The van der Waals surface area contributed by atoms with Gasteiger partial charge in [0.05, 0.1) is 20.5 Å². The second-order valence-corrected chi connectivity index (χ2v) is 4.90. The Hall–Kier alpha value is -1.80. The Balaban J connectivity index is 2.60. The van der Waals surface area contributed by atoms with Gasteiger partial charge < -0.3 is 0 Å². The van der Waals surface area contributed by atoms with Crippen LogP contribution >= 0.6 is 23.2 Å². The first-order valence-corrected chi connectivity index (χ1v) is 6.14. The van der Waals surface area contributed by atoms with Crippen LogP contribution in [0.25, 0.3) is 5.69 Å². The van der Waals surface area contributed by atoms with Gasteiger partial charge in [-0.25, -0.2) is 4.68 Å².